The standard InChI is InChI=1S/C21H25N5O2/c27-19(25-11-3-4-12-25)14-28-17-9-7-15(8-10-17)20-23-18-13-22-26(21(18)24-20)16-5-1-2-6-16/h7-10,13,16H,1-6,11-12,14H2,(H,23,24). The number of carbonyl (C=O) groups excluding carboxylic acids is 1. The molecular formula is C21H25N5O2. The van der Waals surface area contributed by atoms with Crippen LogP contribution in [0.2, 0.25) is 0 Å². The Bertz CT molecular complexity index is 963. The van der Waals surface area contributed by atoms with E-state index in [0.717, 1.165) is 48.5 Å². The van der Waals surface area contributed by atoms with E-state index < -0.39 is 0 Å². The van der Waals surface area contributed by atoms with Crippen molar-refractivity contribution in [1.82, 2.24) is 24.6 Å². The van der Waals surface area contributed by atoms with Crippen LogP contribution in [0.1, 0.15) is 44.6 Å². The normalized spacial score (nSPS) is 17.6. The summed E-state index contributed by atoms with van der Waals surface area (Å²) in [6, 6.07) is 8.20. The monoisotopic (exact) mass is 379 g/mol. The predicted molar refractivity (Wildman–Crippen MR) is 106 cm³/mol. The first kappa shape index (κ1) is 17.3. The Morgan fingerprint density at radius 1 is 1.11 bits per heavy atom. The molecule has 2 fully saturated rings. The number of carbonyl (C=O) groups is 1. The summed E-state index contributed by atoms with van der Waals surface area (Å²) in [6.45, 7) is 1.80. The van der Waals surface area contributed by atoms with Crippen molar-refractivity contribution < 1.29 is 9.53 Å². The molecular weight excluding hydrogens is 354 g/mol. The number of fused-ring (bicyclic) bond motifs is 1. The molecule has 3 aromatic rings. The molecule has 1 aliphatic heterocycles. The second kappa shape index (κ2) is 7.30. The number of hydrogen-bond acceptors (Lipinski definition) is 4. The van der Waals surface area contributed by atoms with Gasteiger partial charge in [0.25, 0.3) is 5.91 Å². The molecule has 1 saturated heterocycles. The average molecular weight is 379 g/mol. The molecule has 146 valence electrons. The molecule has 2 aromatic heterocycles. The van der Waals surface area contributed by atoms with Gasteiger partial charge in [0.05, 0.1) is 12.2 Å². The molecule has 3 heterocycles. The van der Waals surface area contributed by atoms with Crippen LogP contribution in [0.3, 0.4) is 0 Å². The fourth-order valence-corrected chi connectivity index (χ4v) is 4.28. The van der Waals surface area contributed by atoms with Crippen molar-refractivity contribution >= 4 is 17.1 Å². The van der Waals surface area contributed by atoms with Crippen molar-refractivity contribution in [3.8, 4) is 17.1 Å². The number of ether oxygens (including phenoxy) is 1. The van der Waals surface area contributed by atoms with E-state index in [9.17, 15) is 4.79 Å². The van der Waals surface area contributed by atoms with Crippen LogP contribution >= 0.6 is 0 Å². The highest BCUT2D eigenvalue weighted by Crippen LogP contribution is 2.32. The lowest BCUT2D eigenvalue weighted by molar-refractivity contribution is -0.132. The maximum absolute atomic E-state index is 12.1. The summed E-state index contributed by atoms with van der Waals surface area (Å²) in [5.41, 5.74) is 2.89. The molecule has 1 aliphatic carbocycles. The van der Waals surface area contributed by atoms with Gasteiger partial charge in [0, 0.05) is 18.7 Å². The Morgan fingerprint density at radius 2 is 1.86 bits per heavy atom. The van der Waals surface area contributed by atoms with Crippen molar-refractivity contribution in [2.45, 2.75) is 44.6 Å². The van der Waals surface area contributed by atoms with Gasteiger partial charge in [-0.25, -0.2) is 9.67 Å². The third kappa shape index (κ3) is 3.25. The van der Waals surface area contributed by atoms with Gasteiger partial charge in [0.2, 0.25) is 0 Å². The summed E-state index contributed by atoms with van der Waals surface area (Å²) in [6.07, 6.45) is 8.96. The number of benzene rings is 1. The smallest absolute Gasteiger partial charge is 0.260 e. The summed E-state index contributed by atoms with van der Waals surface area (Å²) in [5, 5.41) is 4.53. The minimum Gasteiger partial charge on any atom is -0.484 e. The molecule has 0 unspecified atom stereocenters. The first-order valence-electron chi connectivity index (χ1n) is 10.2. The third-order valence-electron chi connectivity index (χ3n) is 5.86. The number of rotatable bonds is 5. The van der Waals surface area contributed by atoms with Gasteiger partial charge in [-0.3, -0.25) is 4.79 Å². The second-order valence-corrected chi connectivity index (χ2v) is 7.75. The summed E-state index contributed by atoms with van der Waals surface area (Å²) >= 11 is 0. The van der Waals surface area contributed by atoms with Crippen LogP contribution in [0, 0.1) is 0 Å². The van der Waals surface area contributed by atoms with Crippen LogP contribution in [0.25, 0.3) is 22.6 Å². The average Bonchev–Trinajstić information content (AvgIpc) is 3.50. The van der Waals surface area contributed by atoms with Crippen molar-refractivity contribution in [3.05, 3.63) is 30.5 Å². The zero-order valence-corrected chi connectivity index (χ0v) is 15.9. The molecule has 1 saturated carbocycles. The maximum Gasteiger partial charge on any atom is 0.260 e. The van der Waals surface area contributed by atoms with Gasteiger partial charge in [-0.15, -0.1) is 0 Å². The van der Waals surface area contributed by atoms with Crippen molar-refractivity contribution in [1.29, 1.82) is 0 Å². The molecule has 0 atom stereocenters. The van der Waals surface area contributed by atoms with E-state index in [-0.39, 0.29) is 12.5 Å². The fourth-order valence-electron chi connectivity index (χ4n) is 4.28. The van der Waals surface area contributed by atoms with Gasteiger partial charge in [0.1, 0.15) is 17.1 Å². The molecule has 5 rings (SSSR count). The summed E-state index contributed by atoms with van der Waals surface area (Å²) < 4.78 is 7.74. The number of amides is 1. The van der Waals surface area contributed by atoms with Crippen LogP contribution < -0.4 is 4.74 Å². The first-order valence-corrected chi connectivity index (χ1v) is 10.2. The Kier molecular flexibility index (Phi) is 4.50. The van der Waals surface area contributed by atoms with Gasteiger partial charge in [-0.1, -0.05) is 12.8 Å². The highest BCUT2D eigenvalue weighted by molar-refractivity contribution is 5.78. The minimum absolute atomic E-state index is 0.0651. The highest BCUT2D eigenvalue weighted by atomic mass is 16.5. The number of aromatic amines is 1. The second-order valence-electron chi connectivity index (χ2n) is 7.75. The van der Waals surface area contributed by atoms with Crippen LogP contribution in [0.5, 0.6) is 5.75 Å². The predicted octanol–water partition coefficient (Wildman–Crippen LogP) is 3.54. The summed E-state index contributed by atoms with van der Waals surface area (Å²) in [5.74, 6) is 1.60. The number of imidazole rings is 1. The van der Waals surface area contributed by atoms with Gasteiger partial charge in [-0.2, -0.15) is 5.10 Å². The van der Waals surface area contributed by atoms with Gasteiger partial charge in [0.15, 0.2) is 12.3 Å². The Balaban J connectivity index is 1.28. The molecule has 0 bridgehead atoms. The summed E-state index contributed by atoms with van der Waals surface area (Å²) in [4.78, 5) is 22.1. The molecule has 0 radical (unpaired) electrons. The maximum atomic E-state index is 12.1. The van der Waals surface area contributed by atoms with Crippen LogP contribution in [-0.4, -0.2) is 50.3 Å². The SMILES string of the molecule is O=C(COc1ccc(-c2nc3c(cnn3C3CCCC3)[nH]2)cc1)N1CCCC1. The fraction of sp³-hybridized carbons (Fsp3) is 0.476. The van der Waals surface area contributed by atoms with E-state index >= 15 is 0 Å². The lowest BCUT2D eigenvalue weighted by atomic mass is 10.2. The van der Waals surface area contributed by atoms with E-state index in [1.165, 1.54) is 25.7 Å². The van der Waals surface area contributed by atoms with Crippen molar-refractivity contribution in [2.24, 2.45) is 0 Å². The third-order valence-corrected chi connectivity index (χ3v) is 5.86. The quantitative estimate of drug-likeness (QED) is 0.736. The first-order chi connectivity index (χ1) is 13.8. The number of hydrogen-bond donors (Lipinski definition) is 1. The zero-order chi connectivity index (χ0) is 18.9. The molecule has 0 spiro atoms. The van der Waals surface area contributed by atoms with Crippen LogP contribution in [0.15, 0.2) is 30.5 Å². The zero-order valence-electron chi connectivity index (χ0n) is 15.9. The van der Waals surface area contributed by atoms with Crippen molar-refractivity contribution in [2.75, 3.05) is 19.7 Å². The topological polar surface area (TPSA) is 76.0 Å². The van der Waals surface area contributed by atoms with Crippen LogP contribution in [0.4, 0.5) is 0 Å². The van der Waals surface area contributed by atoms with E-state index in [1.807, 2.05) is 35.4 Å². The number of likely N-dealkylation sites (tertiary alicyclic amines) is 1. The van der Waals surface area contributed by atoms with Crippen LogP contribution in [-0.2, 0) is 4.79 Å². The lowest BCUT2D eigenvalue weighted by Gasteiger charge is -2.15. The molecule has 2 aliphatic rings. The largest absolute Gasteiger partial charge is 0.484 e. The molecule has 7 heteroatoms. The Morgan fingerprint density at radius 3 is 2.61 bits per heavy atom. The number of H-pyrrole nitrogens is 1. The summed E-state index contributed by atoms with van der Waals surface area (Å²) in [7, 11) is 0. The molecule has 1 amide bonds. The van der Waals surface area contributed by atoms with Gasteiger partial charge >= 0.3 is 0 Å². The lowest BCUT2D eigenvalue weighted by Crippen LogP contribution is -2.32. The Labute approximate surface area is 163 Å². The van der Waals surface area contributed by atoms with E-state index in [2.05, 4.69) is 14.8 Å². The highest BCUT2D eigenvalue weighted by Gasteiger charge is 2.21. The molecule has 1 N–H and O–H groups in total. The molecule has 7 nitrogen and oxygen atoms in total. The van der Waals surface area contributed by atoms with Gasteiger partial charge in [-0.05, 0) is 49.9 Å². The van der Waals surface area contributed by atoms with Crippen molar-refractivity contribution in [3.63, 3.8) is 0 Å². The number of nitrogens with zero attached hydrogens (tertiary/aromatic N) is 4. The molecule has 1 aromatic carbocycles. The number of nitrogens with one attached hydrogen (secondary N) is 1. The van der Waals surface area contributed by atoms with E-state index in [4.69, 9.17) is 9.72 Å². The number of aromatic nitrogens is 4. The van der Waals surface area contributed by atoms with E-state index in [1.54, 1.807) is 0 Å². The molecule has 28 heavy (non-hydrogen) atoms. The Hall–Kier alpha value is -2.83. The minimum atomic E-state index is 0.0651. The van der Waals surface area contributed by atoms with E-state index in [0.29, 0.717) is 11.8 Å². The van der Waals surface area contributed by atoms with Gasteiger partial charge < -0.3 is 14.6 Å².